The molecule has 0 rings (SSSR count). The van der Waals surface area contributed by atoms with Gasteiger partial charge in [0.05, 0.1) is 0 Å². The summed E-state index contributed by atoms with van der Waals surface area (Å²) in [7, 11) is 0. The lowest BCUT2D eigenvalue weighted by atomic mass is 10.0. The number of aliphatic imine (C=N–C) groups is 1. The molecule has 3 nitrogen and oxygen atoms in total. The molecular weight excluding hydrogens is 161 g/mol. The van der Waals surface area contributed by atoms with E-state index in [1.54, 1.807) is 0 Å². The summed E-state index contributed by atoms with van der Waals surface area (Å²) in [5.41, 5.74) is 0. The van der Waals surface area contributed by atoms with E-state index in [9.17, 15) is 4.39 Å². The Labute approximate surface area is 72.3 Å². The van der Waals surface area contributed by atoms with Crippen LogP contribution in [0, 0.1) is 5.92 Å². The van der Waals surface area contributed by atoms with Gasteiger partial charge in [-0.3, -0.25) is 4.99 Å². The Morgan fingerprint density at radius 3 is 2.58 bits per heavy atom. The van der Waals surface area contributed by atoms with Crippen molar-refractivity contribution in [1.29, 1.82) is 0 Å². The Kier molecular flexibility index (Phi) is 5.84. The third-order valence-corrected chi connectivity index (χ3v) is 1.92. The summed E-state index contributed by atoms with van der Waals surface area (Å²) in [5, 5.41) is 8.25. The lowest BCUT2D eigenvalue weighted by Crippen LogP contribution is -2.18. The van der Waals surface area contributed by atoms with Crippen molar-refractivity contribution < 1.29 is 14.2 Å². The van der Waals surface area contributed by atoms with Crippen LogP contribution in [-0.2, 0) is 4.74 Å². The first-order valence-corrected chi connectivity index (χ1v) is 3.94. The Morgan fingerprint density at radius 1 is 1.58 bits per heavy atom. The monoisotopic (exact) mass is 177 g/mol. The van der Waals surface area contributed by atoms with Crippen molar-refractivity contribution in [3.8, 4) is 0 Å². The molecule has 0 radical (unpaired) electrons. The van der Waals surface area contributed by atoms with Gasteiger partial charge < -0.3 is 9.84 Å². The first-order valence-electron chi connectivity index (χ1n) is 3.94. The number of hydrogen-bond donors (Lipinski definition) is 1. The van der Waals surface area contributed by atoms with Crippen LogP contribution in [0.5, 0.6) is 0 Å². The highest BCUT2D eigenvalue weighted by Crippen LogP contribution is 2.15. The van der Waals surface area contributed by atoms with Crippen LogP contribution in [0.1, 0.15) is 20.3 Å². The van der Waals surface area contributed by atoms with Gasteiger partial charge >= 0.3 is 0 Å². The molecule has 0 aliphatic heterocycles. The molecule has 0 amide bonds. The van der Waals surface area contributed by atoms with Crippen molar-refractivity contribution in [2.75, 3.05) is 6.79 Å². The number of halogens is 1. The minimum absolute atomic E-state index is 0.0190. The summed E-state index contributed by atoms with van der Waals surface area (Å²) in [6, 6.07) is 0.0190. The number of alkyl halides is 1. The molecule has 0 fully saturated rings. The van der Waals surface area contributed by atoms with Crippen molar-refractivity contribution in [1.82, 2.24) is 0 Å². The number of aliphatic hydroxyl groups is 1. The van der Waals surface area contributed by atoms with Gasteiger partial charge in [-0.1, -0.05) is 6.92 Å². The van der Waals surface area contributed by atoms with Gasteiger partial charge in [-0.25, -0.2) is 4.39 Å². The summed E-state index contributed by atoms with van der Waals surface area (Å²) >= 11 is 0. The Hall–Kier alpha value is -0.480. The minimum Gasteiger partial charge on any atom is -0.371 e. The van der Waals surface area contributed by atoms with Crippen molar-refractivity contribution in [3.63, 3.8) is 0 Å². The van der Waals surface area contributed by atoms with Crippen LogP contribution in [0.4, 0.5) is 4.39 Å². The van der Waals surface area contributed by atoms with E-state index in [1.165, 1.54) is 0 Å². The van der Waals surface area contributed by atoms with E-state index in [-0.39, 0.29) is 18.4 Å². The lowest BCUT2D eigenvalue weighted by molar-refractivity contribution is -0.116. The van der Waals surface area contributed by atoms with E-state index in [2.05, 4.69) is 16.4 Å². The summed E-state index contributed by atoms with van der Waals surface area (Å²) in [5.74, 6) is 0.0732. The number of aliphatic hydroxyl groups excluding tert-OH is 1. The molecule has 0 saturated carbocycles. The van der Waals surface area contributed by atoms with Crippen LogP contribution >= 0.6 is 0 Å². The molecule has 72 valence electrons. The molecule has 12 heavy (non-hydrogen) atoms. The molecule has 0 aromatic carbocycles. The first-order chi connectivity index (χ1) is 5.61. The predicted molar refractivity (Wildman–Crippen MR) is 45.9 cm³/mol. The van der Waals surface area contributed by atoms with E-state index in [0.717, 1.165) is 0 Å². The number of hydrogen-bond acceptors (Lipinski definition) is 3. The standard InChI is InChI=1S/C8H16FNO2/c1-6(7(2)10-3)4-8(9)12-5-11/h6-8,11H,3-5H2,1-2H3. The summed E-state index contributed by atoms with van der Waals surface area (Å²) in [4.78, 5) is 3.77. The molecular formula is C8H16FNO2. The SMILES string of the molecule is C=NC(C)C(C)CC(F)OCO. The fraction of sp³-hybridized carbons (Fsp3) is 0.875. The molecule has 3 unspecified atom stereocenters. The highest BCUT2D eigenvalue weighted by molar-refractivity contribution is 5.24. The van der Waals surface area contributed by atoms with Crippen molar-refractivity contribution >= 4 is 6.72 Å². The lowest BCUT2D eigenvalue weighted by Gasteiger charge is -2.17. The Balaban J connectivity index is 3.66. The molecule has 0 saturated heterocycles. The highest BCUT2D eigenvalue weighted by atomic mass is 19.1. The van der Waals surface area contributed by atoms with Gasteiger partial charge in [0.2, 0.25) is 6.36 Å². The summed E-state index contributed by atoms with van der Waals surface area (Å²) in [6.45, 7) is 6.52. The van der Waals surface area contributed by atoms with Gasteiger partial charge in [-0.2, -0.15) is 0 Å². The highest BCUT2D eigenvalue weighted by Gasteiger charge is 2.16. The average Bonchev–Trinajstić information content (AvgIpc) is 2.03. The van der Waals surface area contributed by atoms with Gasteiger partial charge in [0.15, 0.2) is 0 Å². The van der Waals surface area contributed by atoms with E-state index in [1.807, 2.05) is 13.8 Å². The molecule has 0 aliphatic carbocycles. The van der Waals surface area contributed by atoms with Crippen LogP contribution in [0.25, 0.3) is 0 Å². The molecule has 0 bridgehead atoms. The topological polar surface area (TPSA) is 41.8 Å². The second kappa shape index (κ2) is 6.08. The molecule has 0 aromatic rings. The fourth-order valence-electron chi connectivity index (χ4n) is 0.818. The third-order valence-electron chi connectivity index (χ3n) is 1.92. The number of nitrogens with zero attached hydrogens (tertiary/aromatic N) is 1. The molecule has 0 aliphatic rings. The number of rotatable bonds is 6. The van der Waals surface area contributed by atoms with Gasteiger partial charge in [-0.15, -0.1) is 0 Å². The maximum Gasteiger partial charge on any atom is 0.201 e. The van der Waals surface area contributed by atoms with Crippen molar-refractivity contribution in [3.05, 3.63) is 0 Å². The van der Waals surface area contributed by atoms with Crippen LogP contribution in [0.3, 0.4) is 0 Å². The zero-order chi connectivity index (χ0) is 9.56. The number of ether oxygens (including phenoxy) is 1. The smallest absolute Gasteiger partial charge is 0.201 e. The zero-order valence-corrected chi connectivity index (χ0v) is 7.53. The summed E-state index contributed by atoms with van der Waals surface area (Å²) < 4.78 is 17.0. The maximum atomic E-state index is 12.7. The maximum absolute atomic E-state index is 12.7. The molecule has 0 spiro atoms. The largest absolute Gasteiger partial charge is 0.371 e. The second-order valence-corrected chi connectivity index (χ2v) is 2.84. The summed E-state index contributed by atoms with van der Waals surface area (Å²) in [6.07, 6.45) is -1.17. The van der Waals surface area contributed by atoms with Crippen molar-refractivity contribution in [2.24, 2.45) is 10.9 Å². The van der Waals surface area contributed by atoms with Gasteiger partial charge in [0, 0.05) is 12.5 Å². The van der Waals surface area contributed by atoms with E-state index in [4.69, 9.17) is 5.11 Å². The van der Waals surface area contributed by atoms with E-state index < -0.39 is 13.2 Å². The van der Waals surface area contributed by atoms with E-state index in [0.29, 0.717) is 0 Å². The molecule has 0 heterocycles. The van der Waals surface area contributed by atoms with E-state index >= 15 is 0 Å². The van der Waals surface area contributed by atoms with Crippen LogP contribution in [0.15, 0.2) is 4.99 Å². The van der Waals surface area contributed by atoms with Crippen LogP contribution in [0.2, 0.25) is 0 Å². The molecule has 3 atom stereocenters. The molecule has 0 aromatic heterocycles. The fourth-order valence-corrected chi connectivity index (χ4v) is 0.818. The van der Waals surface area contributed by atoms with Gasteiger partial charge in [0.25, 0.3) is 0 Å². The Bertz CT molecular complexity index is 132. The molecule has 4 heteroatoms. The van der Waals surface area contributed by atoms with Crippen LogP contribution in [-0.4, -0.2) is 31.0 Å². The van der Waals surface area contributed by atoms with Gasteiger partial charge in [0.1, 0.15) is 6.79 Å². The predicted octanol–water partition coefficient (Wildman–Crippen LogP) is 1.36. The normalized spacial score (nSPS) is 18.3. The van der Waals surface area contributed by atoms with Crippen molar-refractivity contribution in [2.45, 2.75) is 32.7 Å². The minimum atomic E-state index is -1.41. The van der Waals surface area contributed by atoms with Gasteiger partial charge in [-0.05, 0) is 19.6 Å². The average molecular weight is 177 g/mol. The second-order valence-electron chi connectivity index (χ2n) is 2.84. The quantitative estimate of drug-likeness (QED) is 0.491. The zero-order valence-electron chi connectivity index (χ0n) is 7.53. The molecule has 1 N–H and O–H groups in total. The third kappa shape index (κ3) is 4.41. The first kappa shape index (κ1) is 11.5. The Morgan fingerprint density at radius 2 is 2.17 bits per heavy atom. The van der Waals surface area contributed by atoms with Crippen LogP contribution < -0.4 is 0 Å².